The van der Waals surface area contributed by atoms with Crippen LogP contribution in [-0.2, 0) is 16.5 Å². The summed E-state index contributed by atoms with van der Waals surface area (Å²) in [6, 6.07) is 3.84. The largest absolute Gasteiger partial charge is 0.370 e. The topological polar surface area (TPSA) is 125 Å². The number of hydrogen-bond acceptors (Lipinski definition) is 7. The van der Waals surface area contributed by atoms with Crippen LogP contribution < -0.4 is 15.6 Å². The second kappa shape index (κ2) is 10.5. The molecule has 0 saturated carbocycles. The van der Waals surface area contributed by atoms with Crippen molar-refractivity contribution in [2.45, 2.75) is 53.9 Å². The summed E-state index contributed by atoms with van der Waals surface area (Å²) in [4.78, 5) is 25.5. The number of aromatic amines is 1. The minimum atomic E-state index is -2.20. The first-order valence-corrected chi connectivity index (χ1v) is 13.5. The van der Waals surface area contributed by atoms with Gasteiger partial charge in [0.1, 0.15) is 16.7 Å². The molecule has 0 aliphatic rings. The lowest BCUT2D eigenvalue weighted by Gasteiger charge is -2.24. The number of nitrogens with zero attached hydrogens (tertiary/aromatic N) is 7. The zero-order valence-electron chi connectivity index (χ0n) is 22.3. The normalized spacial score (nSPS) is 14.2. The van der Waals surface area contributed by atoms with Gasteiger partial charge in [-0.1, -0.05) is 34.6 Å². The van der Waals surface area contributed by atoms with Gasteiger partial charge in [-0.15, -0.1) is 0 Å². The third kappa shape index (κ3) is 5.78. The van der Waals surface area contributed by atoms with Crippen molar-refractivity contribution in [3.05, 3.63) is 52.8 Å². The van der Waals surface area contributed by atoms with Crippen LogP contribution in [0.4, 0.5) is 11.5 Å². The maximum atomic E-state index is 11.8. The molecule has 0 fully saturated rings. The maximum Gasteiger partial charge on any atom is 0.181 e. The Balaban J connectivity index is 1.94. The molecule has 4 aromatic rings. The predicted octanol–water partition coefficient (Wildman–Crippen LogP) is 3.51. The van der Waals surface area contributed by atoms with Crippen LogP contribution in [-0.4, -0.2) is 51.4 Å². The van der Waals surface area contributed by atoms with Crippen molar-refractivity contribution in [3.63, 3.8) is 0 Å². The van der Waals surface area contributed by atoms with E-state index in [4.69, 9.17) is 9.98 Å². The standard InChI is InChI=1S/C26H34N8O2S/c1-8-33(14-16(2)3)18-9-10-21(29-12-18)30-22-20(15-37(35)36)32-34-23(19-13-27-17(4)11-28-19)24(26(5,6)7)31-25(22)34/h9-13,15-16,32H,8,14H2,1-7H3,(H,35,36)/b20-15-,30-22?. The van der Waals surface area contributed by atoms with Gasteiger partial charge in [0.05, 0.1) is 40.2 Å². The van der Waals surface area contributed by atoms with Gasteiger partial charge in [0, 0.05) is 24.7 Å². The summed E-state index contributed by atoms with van der Waals surface area (Å²) < 4.78 is 23.1. The van der Waals surface area contributed by atoms with Crippen molar-refractivity contribution in [1.29, 1.82) is 0 Å². The summed E-state index contributed by atoms with van der Waals surface area (Å²) in [5.41, 5.74) is 4.20. The number of aryl methyl sites for hydroxylation is 1. The second-order valence-electron chi connectivity index (χ2n) is 10.4. The molecule has 0 aromatic carbocycles. The molecule has 4 rings (SSSR count). The highest BCUT2D eigenvalue weighted by Crippen LogP contribution is 2.31. The molecule has 2 N–H and O–H groups in total. The fourth-order valence-electron chi connectivity index (χ4n) is 4.15. The fraction of sp³-hybridized carbons (Fsp3) is 0.423. The van der Waals surface area contributed by atoms with E-state index in [1.54, 1.807) is 16.9 Å². The molecule has 1 atom stereocenters. The van der Waals surface area contributed by atoms with Crippen LogP contribution in [0, 0.1) is 12.8 Å². The van der Waals surface area contributed by atoms with E-state index >= 15 is 0 Å². The number of aromatic nitrogens is 6. The van der Waals surface area contributed by atoms with Crippen molar-refractivity contribution in [2.75, 3.05) is 18.0 Å². The van der Waals surface area contributed by atoms with E-state index in [2.05, 4.69) is 66.5 Å². The first kappa shape index (κ1) is 26.6. The highest BCUT2D eigenvalue weighted by atomic mass is 32.2. The van der Waals surface area contributed by atoms with Crippen LogP contribution in [0.2, 0.25) is 0 Å². The third-order valence-corrected chi connectivity index (χ3v) is 6.26. The van der Waals surface area contributed by atoms with Gasteiger partial charge in [-0.2, -0.15) is 0 Å². The highest BCUT2D eigenvalue weighted by molar-refractivity contribution is 7.87. The summed E-state index contributed by atoms with van der Waals surface area (Å²) in [5.74, 6) is 1.00. The SMILES string of the molecule is CCN(CC(C)C)c1ccc(N=c2/c(=C/S(=O)O)[nH]n3c(-c4cnc(C)cn4)c(C(C)(C)C)nc23)nc1. The molecule has 37 heavy (non-hydrogen) atoms. The monoisotopic (exact) mass is 522 g/mol. The van der Waals surface area contributed by atoms with Crippen molar-refractivity contribution in [1.82, 2.24) is 29.5 Å². The van der Waals surface area contributed by atoms with Crippen molar-refractivity contribution < 1.29 is 8.76 Å². The van der Waals surface area contributed by atoms with Gasteiger partial charge < -0.3 is 9.45 Å². The second-order valence-corrected chi connectivity index (χ2v) is 11.2. The number of H-pyrrole nitrogens is 1. The Bertz CT molecular complexity index is 1530. The van der Waals surface area contributed by atoms with Gasteiger partial charge in [-0.05, 0) is 31.9 Å². The Morgan fingerprint density at radius 2 is 1.95 bits per heavy atom. The van der Waals surface area contributed by atoms with Crippen LogP contribution in [0.15, 0.2) is 35.7 Å². The molecule has 196 valence electrons. The van der Waals surface area contributed by atoms with Crippen LogP contribution >= 0.6 is 0 Å². The molecule has 11 heteroatoms. The zero-order chi connectivity index (χ0) is 26.9. The van der Waals surface area contributed by atoms with Gasteiger partial charge >= 0.3 is 0 Å². The van der Waals surface area contributed by atoms with Gasteiger partial charge in [0.2, 0.25) is 0 Å². The molecule has 10 nitrogen and oxygen atoms in total. The molecule has 0 saturated heterocycles. The lowest BCUT2D eigenvalue weighted by molar-refractivity contribution is 0.573. The first-order valence-electron chi connectivity index (χ1n) is 12.3. The number of pyridine rings is 1. The van der Waals surface area contributed by atoms with Gasteiger partial charge in [0.15, 0.2) is 22.5 Å². The van der Waals surface area contributed by atoms with E-state index in [0.717, 1.165) is 35.9 Å². The fourth-order valence-corrected chi connectivity index (χ4v) is 4.52. The molecule has 4 heterocycles. The number of rotatable bonds is 7. The van der Waals surface area contributed by atoms with Gasteiger partial charge in [-0.25, -0.2) is 23.7 Å². The summed E-state index contributed by atoms with van der Waals surface area (Å²) in [6.07, 6.45) is 5.22. The average molecular weight is 523 g/mol. The first-order chi connectivity index (χ1) is 17.5. The Kier molecular flexibility index (Phi) is 7.56. The summed E-state index contributed by atoms with van der Waals surface area (Å²) in [6.45, 7) is 16.4. The Labute approximate surface area is 218 Å². The van der Waals surface area contributed by atoms with E-state index < -0.39 is 11.1 Å². The molecule has 0 amide bonds. The van der Waals surface area contributed by atoms with E-state index in [-0.39, 0.29) is 5.41 Å². The molecular formula is C26H34N8O2S. The van der Waals surface area contributed by atoms with Gasteiger partial charge in [-0.3, -0.25) is 15.1 Å². The van der Waals surface area contributed by atoms with Crippen molar-refractivity contribution >= 4 is 33.6 Å². The van der Waals surface area contributed by atoms with E-state index in [9.17, 15) is 8.76 Å². The molecule has 0 bridgehead atoms. The zero-order valence-corrected chi connectivity index (χ0v) is 23.2. The summed E-state index contributed by atoms with van der Waals surface area (Å²) in [5, 5.41) is 5.19. The Morgan fingerprint density at radius 3 is 2.49 bits per heavy atom. The van der Waals surface area contributed by atoms with E-state index in [1.807, 2.05) is 25.3 Å². The number of anilines is 1. The molecule has 0 radical (unpaired) electrons. The number of fused-ring (bicyclic) bond motifs is 1. The highest BCUT2D eigenvalue weighted by Gasteiger charge is 2.27. The molecule has 1 unspecified atom stereocenters. The Morgan fingerprint density at radius 1 is 1.19 bits per heavy atom. The number of nitrogens with one attached hydrogen (secondary N) is 1. The molecule has 0 spiro atoms. The van der Waals surface area contributed by atoms with E-state index in [0.29, 0.717) is 33.8 Å². The molecule has 4 aromatic heterocycles. The van der Waals surface area contributed by atoms with Crippen molar-refractivity contribution in [2.24, 2.45) is 10.9 Å². The van der Waals surface area contributed by atoms with E-state index in [1.165, 1.54) is 5.41 Å². The lowest BCUT2D eigenvalue weighted by atomic mass is 9.90. The predicted molar refractivity (Wildman–Crippen MR) is 147 cm³/mol. The molecular weight excluding hydrogens is 488 g/mol. The summed E-state index contributed by atoms with van der Waals surface area (Å²) >= 11 is -2.20. The summed E-state index contributed by atoms with van der Waals surface area (Å²) in [7, 11) is 0. The van der Waals surface area contributed by atoms with Crippen LogP contribution in [0.3, 0.4) is 0 Å². The minimum absolute atomic E-state index is 0.310. The molecule has 0 aliphatic carbocycles. The number of imidazole rings is 1. The third-order valence-electron chi connectivity index (χ3n) is 5.82. The smallest absolute Gasteiger partial charge is 0.181 e. The molecule has 0 aliphatic heterocycles. The maximum absolute atomic E-state index is 11.8. The van der Waals surface area contributed by atoms with Crippen LogP contribution in [0.1, 0.15) is 52.9 Å². The van der Waals surface area contributed by atoms with Crippen molar-refractivity contribution in [3.8, 4) is 11.4 Å². The van der Waals surface area contributed by atoms with Gasteiger partial charge in [0.25, 0.3) is 0 Å². The minimum Gasteiger partial charge on any atom is -0.370 e. The van der Waals surface area contributed by atoms with Crippen LogP contribution in [0.25, 0.3) is 22.4 Å². The lowest BCUT2D eigenvalue weighted by Crippen LogP contribution is -2.27. The quantitative estimate of drug-likeness (QED) is 0.356. The average Bonchev–Trinajstić information content (AvgIpc) is 3.35. The Hall–Kier alpha value is -3.44. The number of hydrogen-bond donors (Lipinski definition) is 2. The van der Waals surface area contributed by atoms with Crippen LogP contribution in [0.5, 0.6) is 0 Å².